The number of thioether (sulfide) groups is 1. The Morgan fingerprint density at radius 1 is 1.17 bits per heavy atom. The van der Waals surface area contributed by atoms with Crippen LogP contribution in [0.15, 0.2) is 47.4 Å². The lowest BCUT2D eigenvalue weighted by atomic mass is 10.2. The second-order valence-electron chi connectivity index (χ2n) is 5.11. The molecule has 1 saturated heterocycles. The number of halogens is 1. The summed E-state index contributed by atoms with van der Waals surface area (Å²) >= 11 is 6.46. The van der Waals surface area contributed by atoms with Crippen LogP contribution >= 0.6 is 24.0 Å². The van der Waals surface area contributed by atoms with E-state index in [-0.39, 0.29) is 12.7 Å². The standard InChI is InChI=1S/C17H10FNO3S2/c18-11-2-1-3-12(8-11)19-16(20)15(24-17(19)23)7-10-4-5-13-14(6-10)22-9-21-13/h1-8H,9H2/b15-7+. The molecule has 0 saturated carbocycles. The molecule has 1 fully saturated rings. The Labute approximate surface area is 146 Å². The maximum Gasteiger partial charge on any atom is 0.270 e. The van der Waals surface area contributed by atoms with Gasteiger partial charge in [-0.2, -0.15) is 0 Å². The van der Waals surface area contributed by atoms with Gasteiger partial charge < -0.3 is 9.47 Å². The molecule has 0 N–H and O–H groups in total. The summed E-state index contributed by atoms with van der Waals surface area (Å²) in [4.78, 5) is 14.4. The minimum absolute atomic E-state index is 0.195. The first kappa shape index (κ1) is 15.2. The SMILES string of the molecule is O=C1/C(=C\c2ccc3c(c2)OCO3)SC(=S)N1c1cccc(F)c1. The average Bonchev–Trinajstić information content (AvgIpc) is 3.12. The third-order valence-corrected chi connectivity index (χ3v) is 4.86. The second kappa shape index (κ2) is 5.92. The predicted molar refractivity (Wildman–Crippen MR) is 94.6 cm³/mol. The highest BCUT2D eigenvalue weighted by Gasteiger charge is 2.33. The van der Waals surface area contributed by atoms with Gasteiger partial charge in [-0.1, -0.05) is 36.1 Å². The van der Waals surface area contributed by atoms with Gasteiger partial charge in [-0.3, -0.25) is 9.69 Å². The molecule has 120 valence electrons. The molecule has 0 aromatic heterocycles. The molecule has 1 amide bonds. The van der Waals surface area contributed by atoms with Gasteiger partial charge in [0.05, 0.1) is 10.6 Å². The monoisotopic (exact) mass is 359 g/mol. The van der Waals surface area contributed by atoms with Crippen molar-refractivity contribution in [3.8, 4) is 11.5 Å². The van der Waals surface area contributed by atoms with Gasteiger partial charge in [-0.25, -0.2) is 4.39 Å². The molecule has 0 aliphatic carbocycles. The summed E-state index contributed by atoms with van der Waals surface area (Å²) in [6, 6.07) is 11.2. The molecule has 2 aromatic rings. The van der Waals surface area contributed by atoms with E-state index < -0.39 is 5.82 Å². The molecule has 2 aromatic carbocycles. The second-order valence-corrected chi connectivity index (χ2v) is 6.79. The third kappa shape index (κ3) is 2.65. The Hall–Kier alpha value is -2.38. The number of benzene rings is 2. The Morgan fingerprint density at radius 2 is 2.00 bits per heavy atom. The van der Waals surface area contributed by atoms with E-state index in [1.807, 2.05) is 6.07 Å². The molecule has 24 heavy (non-hydrogen) atoms. The third-order valence-electron chi connectivity index (χ3n) is 3.55. The first-order valence-corrected chi connectivity index (χ1v) is 8.27. The molecular weight excluding hydrogens is 349 g/mol. The van der Waals surface area contributed by atoms with Gasteiger partial charge in [0.15, 0.2) is 15.8 Å². The highest BCUT2D eigenvalue weighted by Crippen LogP contribution is 2.38. The van der Waals surface area contributed by atoms with Crippen molar-refractivity contribution in [2.24, 2.45) is 0 Å². The fraction of sp³-hybridized carbons (Fsp3) is 0.0588. The van der Waals surface area contributed by atoms with Gasteiger partial charge in [0, 0.05) is 0 Å². The number of ether oxygens (including phenoxy) is 2. The molecule has 0 radical (unpaired) electrons. The van der Waals surface area contributed by atoms with Gasteiger partial charge in [-0.15, -0.1) is 0 Å². The fourth-order valence-electron chi connectivity index (χ4n) is 2.46. The van der Waals surface area contributed by atoms with Crippen molar-refractivity contribution in [1.29, 1.82) is 0 Å². The Kier molecular flexibility index (Phi) is 3.74. The number of thiocarbonyl (C=S) groups is 1. The lowest BCUT2D eigenvalue weighted by Gasteiger charge is -2.14. The van der Waals surface area contributed by atoms with E-state index >= 15 is 0 Å². The van der Waals surface area contributed by atoms with Crippen molar-refractivity contribution >= 4 is 46.0 Å². The number of anilines is 1. The maximum atomic E-state index is 13.4. The average molecular weight is 359 g/mol. The van der Waals surface area contributed by atoms with Crippen molar-refractivity contribution in [2.45, 2.75) is 0 Å². The molecular formula is C17H10FNO3S2. The van der Waals surface area contributed by atoms with Crippen LogP contribution in [0.2, 0.25) is 0 Å². The van der Waals surface area contributed by atoms with E-state index in [9.17, 15) is 9.18 Å². The first-order chi connectivity index (χ1) is 11.6. The van der Waals surface area contributed by atoms with Crippen LogP contribution in [0, 0.1) is 5.82 Å². The van der Waals surface area contributed by atoms with E-state index in [4.69, 9.17) is 21.7 Å². The van der Waals surface area contributed by atoms with E-state index in [0.717, 1.165) is 5.56 Å². The molecule has 0 bridgehead atoms. The van der Waals surface area contributed by atoms with E-state index in [0.29, 0.717) is 26.4 Å². The van der Waals surface area contributed by atoms with Crippen LogP contribution in [0.4, 0.5) is 10.1 Å². The summed E-state index contributed by atoms with van der Waals surface area (Å²) in [5, 5.41) is 0. The Bertz CT molecular complexity index is 897. The van der Waals surface area contributed by atoms with Crippen LogP contribution in [-0.2, 0) is 4.79 Å². The molecule has 0 unspecified atom stereocenters. The van der Waals surface area contributed by atoms with Crippen LogP contribution in [0.3, 0.4) is 0 Å². The van der Waals surface area contributed by atoms with Crippen molar-refractivity contribution in [3.05, 3.63) is 58.8 Å². The van der Waals surface area contributed by atoms with E-state index in [1.165, 1.54) is 28.8 Å². The van der Waals surface area contributed by atoms with E-state index in [1.54, 1.807) is 30.3 Å². The van der Waals surface area contributed by atoms with Gasteiger partial charge in [-0.05, 0) is 42.0 Å². The van der Waals surface area contributed by atoms with Crippen LogP contribution < -0.4 is 14.4 Å². The highest BCUT2D eigenvalue weighted by atomic mass is 32.2. The van der Waals surface area contributed by atoms with Crippen molar-refractivity contribution in [1.82, 2.24) is 0 Å². The number of fused-ring (bicyclic) bond motifs is 1. The van der Waals surface area contributed by atoms with Crippen molar-refractivity contribution in [3.63, 3.8) is 0 Å². The summed E-state index contributed by atoms with van der Waals surface area (Å²) < 4.78 is 24.4. The molecule has 0 atom stereocenters. The number of amides is 1. The predicted octanol–water partition coefficient (Wildman–Crippen LogP) is 3.96. The molecule has 7 heteroatoms. The minimum Gasteiger partial charge on any atom is -0.454 e. The summed E-state index contributed by atoms with van der Waals surface area (Å²) in [5.41, 5.74) is 1.23. The molecule has 2 aliphatic rings. The number of hydrogen-bond donors (Lipinski definition) is 0. The topological polar surface area (TPSA) is 38.8 Å². The van der Waals surface area contributed by atoms with Crippen LogP contribution in [0.5, 0.6) is 11.5 Å². The van der Waals surface area contributed by atoms with Gasteiger partial charge in [0.25, 0.3) is 5.91 Å². The smallest absolute Gasteiger partial charge is 0.270 e. The van der Waals surface area contributed by atoms with Crippen LogP contribution in [0.25, 0.3) is 6.08 Å². The zero-order valence-electron chi connectivity index (χ0n) is 12.2. The zero-order chi connectivity index (χ0) is 16.7. The normalized spacial score (nSPS) is 17.9. The molecule has 2 heterocycles. The zero-order valence-corrected chi connectivity index (χ0v) is 13.8. The number of nitrogens with zero attached hydrogens (tertiary/aromatic N) is 1. The molecule has 0 spiro atoms. The molecule has 4 rings (SSSR count). The highest BCUT2D eigenvalue weighted by molar-refractivity contribution is 8.27. The lowest BCUT2D eigenvalue weighted by Crippen LogP contribution is -2.27. The van der Waals surface area contributed by atoms with Crippen LogP contribution in [0.1, 0.15) is 5.56 Å². The quantitative estimate of drug-likeness (QED) is 0.599. The fourth-order valence-corrected chi connectivity index (χ4v) is 3.76. The first-order valence-electron chi connectivity index (χ1n) is 7.05. The number of carbonyl (C=O) groups excluding carboxylic acids is 1. The minimum atomic E-state index is -0.415. The van der Waals surface area contributed by atoms with Crippen LogP contribution in [-0.4, -0.2) is 17.0 Å². The Morgan fingerprint density at radius 3 is 2.83 bits per heavy atom. The Balaban J connectivity index is 1.66. The van der Waals surface area contributed by atoms with Crippen molar-refractivity contribution in [2.75, 3.05) is 11.7 Å². The van der Waals surface area contributed by atoms with Gasteiger partial charge in [0.1, 0.15) is 5.82 Å². The molecule has 2 aliphatic heterocycles. The largest absolute Gasteiger partial charge is 0.454 e. The van der Waals surface area contributed by atoms with Crippen molar-refractivity contribution < 1.29 is 18.7 Å². The molecule has 4 nitrogen and oxygen atoms in total. The summed E-state index contributed by atoms with van der Waals surface area (Å²) in [6.45, 7) is 0.195. The number of rotatable bonds is 2. The lowest BCUT2D eigenvalue weighted by molar-refractivity contribution is -0.113. The van der Waals surface area contributed by atoms with E-state index in [2.05, 4.69) is 0 Å². The van der Waals surface area contributed by atoms with Gasteiger partial charge >= 0.3 is 0 Å². The maximum absolute atomic E-state index is 13.4. The summed E-state index contributed by atoms with van der Waals surface area (Å²) in [5.74, 6) is 0.637. The number of carbonyl (C=O) groups is 1. The van der Waals surface area contributed by atoms with Gasteiger partial charge in [0.2, 0.25) is 6.79 Å². The number of hydrogen-bond acceptors (Lipinski definition) is 5. The summed E-state index contributed by atoms with van der Waals surface area (Å²) in [7, 11) is 0. The summed E-state index contributed by atoms with van der Waals surface area (Å²) in [6.07, 6.45) is 1.74.